The molecule has 0 unspecified atom stereocenters. The Morgan fingerprint density at radius 2 is 2.03 bits per heavy atom. The quantitative estimate of drug-likeness (QED) is 0.382. The van der Waals surface area contributed by atoms with Crippen LogP contribution >= 0.6 is 21.0 Å². The number of rotatable bonds is 8. The molecule has 0 aromatic heterocycles. The van der Waals surface area contributed by atoms with E-state index in [1.54, 1.807) is 12.2 Å². The van der Waals surface area contributed by atoms with Gasteiger partial charge in [0, 0.05) is 5.57 Å². The average molecular weight is 507 g/mol. The van der Waals surface area contributed by atoms with Gasteiger partial charge in [-0.2, -0.15) is 0 Å². The second-order valence-electron chi connectivity index (χ2n) is 7.09. The van der Waals surface area contributed by atoms with Crippen LogP contribution in [0.4, 0.5) is 4.39 Å². The van der Waals surface area contributed by atoms with Gasteiger partial charge >= 0.3 is 0 Å². The summed E-state index contributed by atoms with van der Waals surface area (Å²) >= 11 is -0.799. The fourth-order valence-corrected chi connectivity index (χ4v) is 4.52. The number of hydrogen-bond acceptors (Lipinski definition) is 3. The molecule has 1 heterocycles. The van der Waals surface area contributed by atoms with Crippen LogP contribution in [0.25, 0.3) is 0 Å². The molecule has 2 rings (SSSR count). The molecule has 0 radical (unpaired) electrons. The van der Waals surface area contributed by atoms with Gasteiger partial charge in [-0.1, -0.05) is 74.6 Å². The van der Waals surface area contributed by atoms with Gasteiger partial charge in [0.2, 0.25) is 5.91 Å². The summed E-state index contributed by atoms with van der Waals surface area (Å²) in [6.45, 7) is 9.40. The maximum Gasteiger partial charge on any atom is 0.230 e. The van der Waals surface area contributed by atoms with E-state index in [1.165, 1.54) is 6.08 Å². The lowest BCUT2D eigenvalue weighted by Crippen LogP contribution is -2.38. The number of hydrogen-bond donors (Lipinski definition) is 1. The summed E-state index contributed by atoms with van der Waals surface area (Å²) in [5, 5.41) is 2.95. The van der Waals surface area contributed by atoms with Crippen LogP contribution in [0.15, 0.2) is 68.9 Å². The lowest BCUT2D eigenvalue weighted by Gasteiger charge is -2.17. The van der Waals surface area contributed by atoms with E-state index >= 15 is 0 Å². The van der Waals surface area contributed by atoms with Crippen molar-refractivity contribution in [3.05, 3.63) is 71.8 Å². The average Bonchev–Trinajstić information content (AvgIpc) is 2.68. The molecule has 4 nitrogen and oxygen atoms in total. The highest BCUT2D eigenvalue weighted by Gasteiger charge is 2.19. The van der Waals surface area contributed by atoms with Crippen LogP contribution in [-0.2, 0) is 11.2 Å². The molecule has 0 aliphatic carbocycles. The monoisotopic (exact) mass is 507 g/mol. The number of amidine groups is 1. The minimum absolute atomic E-state index is 0.101. The van der Waals surface area contributed by atoms with Crippen molar-refractivity contribution in [2.24, 2.45) is 14.1 Å². The van der Waals surface area contributed by atoms with Crippen molar-refractivity contribution in [3.8, 4) is 0 Å². The Morgan fingerprint density at radius 3 is 2.66 bits per heavy atom. The van der Waals surface area contributed by atoms with Crippen LogP contribution in [-0.4, -0.2) is 27.8 Å². The molecule has 1 aliphatic heterocycles. The van der Waals surface area contributed by atoms with Crippen molar-refractivity contribution in [1.82, 2.24) is 5.32 Å². The standard InChI is InChI=1S/C23H27FIN3O/c1-5-7-19(8-6-13-24)22-25-28-23(20(26-22)14-16(2)3)27-21(29)15-18-11-9-17(4)10-12-18/h5-12,16H,1,13-15H2,2-4H3,(H,27,28,29)/b8-6-,19-7+. The van der Waals surface area contributed by atoms with Gasteiger partial charge in [0.15, 0.2) is 5.84 Å². The fraction of sp³-hybridized carbons (Fsp3) is 0.304. The molecule has 1 aromatic carbocycles. The minimum Gasteiger partial charge on any atom is -0.309 e. The molecule has 1 aliphatic rings. The van der Waals surface area contributed by atoms with Crippen molar-refractivity contribution in [1.29, 1.82) is 0 Å². The summed E-state index contributed by atoms with van der Waals surface area (Å²) < 4.78 is 18.1. The molecule has 154 valence electrons. The number of alkyl halides is 1. The first-order valence-electron chi connectivity index (χ1n) is 9.51. The molecule has 0 saturated heterocycles. The predicted octanol–water partition coefficient (Wildman–Crippen LogP) is 5.21. The van der Waals surface area contributed by atoms with E-state index in [-0.39, 0.29) is 5.91 Å². The Morgan fingerprint density at radius 1 is 1.31 bits per heavy atom. The third-order valence-electron chi connectivity index (χ3n) is 3.98. The molecule has 1 amide bonds. The zero-order chi connectivity index (χ0) is 21.2. The smallest absolute Gasteiger partial charge is 0.230 e. The maximum absolute atomic E-state index is 12.6. The van der Waals surface area contributed by atoms with E-state index in [2.05, 4.69) is 28.9 Å². The molecule has 0 spiro atoms. The van der Waals surface area contributed by atoms with Gasteiger partial charge in [0.05, 0.1) is 33.1 Å². The number of amides is 1. The number of carbonyl (C=O) groups excluding carboxylic acids is 1. The van der Waals surface area contributed by atoms with Crippen LogP contribution in [0.1, 0.15) is 31.4 Å². The molecule has 0 bridgehead atoms. The molecule has 0 saturated carbocycles. The van der Waals surface area contributed by atoms with Crippen molar-refractivity contribution in [2.45, 2.75) is 33.6 Å². The SMILES string of the molecule is C=C/C=C(\C=C/CF)C1=IN=C(NC(=O)Cc2ccc(C)cc2)C(CC(C)C)=N1. The van der Waals surface area contributed by atoms with Crippen LogP contribution < -0.4 is 5.32 Å². The summed E-state index contributed by atoms with van der Waals surface area (Å²) in [7, 11) is 0. The first-order valence-corrected chi connectivity index (χ1v) is 11.5. The molecule has 1 aromatic rings. The van der Waals surface area contributed by atoms with Crippen molar-refractivity contribution >= 4 is 42.1 Å². The summed E-state index contributed by atoms with van der Waals surface area (Å²) in [4.78, 5) is 17.3. The lowest BCUT2D eigenvalue weighted by atomic mass is 10.0. The topological polar surface area (TPSA) is 53.8 Å². The number of nitrogens with one attached hydrogen (secondary N) is 1. The van der Waals surface area contributed by atoms with Crippen molar-refractivity contribution in [2.75, 3.05) is 6.67 Å². The van der Waals surface area contributed by atoms with E-state index in [1.807, 2.05) is 37.3 Å². The van der Waals surface area contributed by atoms with Gasteiger partial charge in [-0.15, -0.1) is 0 Å². The van der Waals surface area contributed by atoms with Gasteiger partial charge < -0.3 is 5.32 Å². The van der Waals surface area contributed by atoms with E-state index in [9.17, 15) is 9.18 Å². The minimum atomic E-state index is -0.799. The molecular formula is C23H27FIN3O. The first kappa shape index (κ1) is 23.1. The number of nitrogens with zero attached hydrogens (tertiary/aromatic N) is 2. The third-order valence-corrected chi connectivity index (χ3v) is 6.02. The normalized spacial score (nSPS) is 14.8. The van der Waals surface area contributed by atoms with E-state index < -0.39 is 27.7 Å². The largest absolute Gasteiger partial charge is 0.309 e. The first-order chi connectivity index (χ1) is 13.9. The number of aliphatic imine (C=N–C) groups is 1. The van der Waals surface area contributed by atoms with E-state index in [0.717, 1.165) is 26.0 Å². The number of allylic oxidation sites excluding steroid dienone is 3. The Kier molecular flexibility index (Phi) is 9.31. The number of carbonyl (C=O) groups is 1. The maximum atomic E-state index is 12.6. The zero-order valence-corrected chi connectivity index (χ0v) is 19.2. The Balaban J connectivity index is 2.23. The Bertz CT molecular complexity index is 893. The number of benzene rings is 1. The second-order valence-corrected chi connectivity index (χ2v) is 9.08. The van der Waals surface area contributed by atoms with Gasteiger partial charge in [-0.05, 0) is 24.8 Å². The lowest BCUT2D eigenvalue weighted by molar-refractivity contribution is -0.119. The molecule has 6 heteroatoms. The van der Waals surface area contributed by atoms with Gasteiger partial charge in [0.1, 0.15) is 10.3 Å². The molecule has 0 fully saturated rings. The highest BCUT2D eigenvalue weighted by molar-refractivity contribution is 14.2. The predicted molar refractivity (Wildman–Crippen MR) is 130 cm³/mol. The number of halogens is 2. The van der Waals surface area contributed by atoms with Crippen LogP contribution in [0, 0.1) is 12.8 Å². The fourth-order valence-electron chi connectivity index (χ4n) is 2.62. The number of aryl methyl sites for hydroxylation is 1. The highest BCUT2D eigenvalue weighted by Crippen LogP contribution is 2.20. The summed E-state index contributed by atoms with van der Waals surface area (Å²) in [6.07, 6.45) is 7.63. The summed E-state index contributed by atoms with van der Waals surface area (Å²) in [5.41, 5.74) is 3.71. The Labute approximate surface area is 182 Å². The summed E-state index contributed by atoms with van der Waals surface area (Å²) in [6, 6.07) is 7.92. The molecular weight excluding hydrogens is 480 g/mol. The highest BCUT2D eigenvalue weighted by atomic mass is 127. The van der Waals surface area contributed by atoms with E-state index in [4.69, 9.17) is 4.99 Å². The van der Waals surface area contributed by atoms with Crippen LogP contribution in [0.3, 0.4) is 0 Å². The van der Waals surface area contributed by atoms with Crippen LogP contribution in [0.5, 0.6) is 0 Å². The van der Waals surface area contributed by atoms with Crippen LogP contribution in [0.2, 0.25) is 0 Å². The van der Waals surface area contributed by atoms with Crippen molar-refractivity contribution in [3.63, 3.8) is 0 Å². The molecule has 29 heavy (non-hydrogen) atoms. The summed E-state index contributed by atoms with van der Waals surface area (Å²) in [5.74, 6) is 0.828. The van der Waals surface area contributed by atoms with Gasteiger partial charge in [-0.25, -0.2) is 12.6 Å². The molecule has 1 N–H and O–H groups in total. The van der Waals surface area contributed by atoms with E-state index in [0.29, 0.717) is 24.6 Å². The van der Waals surface area contributed by atoms with Gasteiger partial charge in [0.25, 0.3) is 0 Å². The second kappa shape index (κ2) is 11.7. The third kappa shape index (κ3) is 7.61. The zero-order valence-electron chi connectivity index (χ0n) is 17.1. The Hall–Kier alpha value is -2.22. The van der Waals surface area contributed by atoms with Crippen molar-refractivity contribution < 1.29 is 9.18 Å². The van der Waals surface area contributed by atoms with Gasteiger partial charge in [-0.3, -0.25) is 4.79 Å². The molecule has 0 atom stereocenters.